The lowest BCUT2D eigenvalue weighted by Crippen LogP contribution is -2.16. The van der Waals surface area contributed by atoms with Gasteiger partial charge in [0, 0.05) is 10.4 Å². The summed E-state index contributed by atoms with van der Waals surface area (Å²) in [6, 6.07) is 4.20. The number of halogens is 1. The summed E-state index contributed by atoms with van der Waals surface area (Å²) < 4.78 is 7.01. The first-order valence-corrected chi connectivity index (χ1v) is 7.58. The molecule has 2 heterocycles. The molecular weight excluding hydrogens is 304 g/mol. The smallest absolute Gasteiger partial charge is 0.113 e. The molecule has 19 heavy (non-hydrogen) atoms. The Bertz CT molecular complexity index is 622. The maximum absolute atomic E-state index is 5.92. The van der Waals surface area contributed by atoms with E-state index in [1.165, 1.54) is 5.56 Å². The third-order valence-corrected chi connectivity index (χ3v) is 4.78. The van der Waals surface area contributed by atoms with Crippen molar-refractivity contribution in [3.8, 4) is 0 Å². The van der Waals surface area contributed by atoms with Crippen LogP contribution in [-0.2, 0) is 4.74 Å². The Morgan fingerprint density at radius 3 is 2.58 bits per heavy atom. The van der Waals surface area contributed by atoms with Crippen LogP contribution in [0, 0.1) is 12.8 Å². The van der Waals surface area contributed by atoms with Crippen molar-refractivity contribution in [3.05, 3.63) is 28.0 Å². The number of aromatic nitrogens is 2. The Balaban J connectivity index is 2.09. The van der Waals surface area contributed by atoms with Crippen LogP contribution in [0.2, 0.25) is 0 Å². The number of aryl methyl sites for hydroxylation is 1. The predicted octanol–water partition coefficient (Wildman–Crippen LogP) is 4.16. The minimum atomic E-state index is 0.217. The van der Waals surface area contributed by atoms with Crippen molar-refractivity contribution in [2.45, 2.75) is 45.8 Å². The van der Waals surface area contributed by atoms with Gasteiger partial charge in [0.2, 0.25) is 0 Å². The molecule has 0 bridgehead atoms. The Hall–Kier alpha value is -0.870. The number of hydrogen-bond donors (Lipinski definition) is 1. The summed E-state index contributed by atoms with van der Waals surface area (Å²) in [7, 11) is 0. The number of rotatable bonds is 1. The van der Waals surface area contributed by atoms with Crippen molar-refractivity contribution in [3.63, 3.8) is 0 Å². The van der Waals surface area contributed by atoms with Gasteiger partial charge in [0.05, 0.1) is 23.2 Å². The van der Waals surface area contributed by atoms with Crippen LogP contribution < -0.4 is 0 Å². The van der Waals surface area contributed by atoms with E-state index in [-0.39, 0.29) is 6.10 Å². The Kier molecular flexibility index (Phi) is 3.18. The first kappa shape index (κ1) is 13.1. The van der Waals surface area contributed by atoms with Crippen molar-refractivity contribution in [2.75, 3.05) is 0 Å². The van der Waals surface area contributed by atoms with Crippen LogP contribution in [0.15, 0.2) is 16.6 Å². The molecule has 1 aromatic heterocycles. The van der Waals surface area contributed by atoms with Crippen LogP contribution in [0.25, 0.3) is 11.0 Å². The van der Waals surface area contributed by atoms with Gasteiger partial charge in [-0.25, -0.2) is 4.98 Å². The molecule has 1 aromatic carbocycles. The van der Waals surface area contributed by atoms with Crippen molar-refractivity contribution >= 4 is 27.0 Å². The van der Waals surface area contributed by atoms with E-state index in [2.05, 4.69) is 60.7 Å². The quantitative estimate of drug-likeness (QED) is 0.856. The van der Waals surface area contributed by atoms with Gasteiger partial charge >= 0.3 is 0 Å². The summed E-state index contributed by atoms with van der Waals surface area (Å²) in [5, 5.41) is 0. The van der Waals surface area contributed by atoms with Crippen molar-refractivity contribution < 1.29 is 4.74 Å². The van der Waals surface area contributed by atoms with E-state index in [1.54, 1.807) is 0 Å². The topological polar surface area (TPSA) is 37.9 Å². The molecule has 1 aliphatic heterocycles. The second-order valence-corrected chi connectivity index (χ2v) is 6.59. The molecule has 0 amide bonds. The van der Waals surface area contributed by atoms with Gasteiger partial charge in [-0.1, -0.05) is 22.9 Å². The highest BCUT2D eigenvalue weighted by Crippen LogP contribution is 2.39. The molecule has 0 radical (unpaired) electrons. The van der Waals surface area contributed by atoms with Gasteiger partial charge in [0.15, 0.2) is 0 Å². The lowest BCUT2D eigenvalue weighted by molar-refractivity contribution is 0.0554. The highest BCUT2D eigenvalue weighted by molar-refractivity contribution is 9.10. The van der Waals surface area contributed by atoms with Crippen LogP contribution in [0.4, 0.5) is 0 Å². The number of benzene rings is 1. The van der Waals surface area contributed by atoms with Crippen LogP contribution in [0.3, 0.4) is 0 Å². The fourth-order valence-corrected chi connectivity index (χ4v) is 3.73. The van der Waals surface area contributed by atoms with Crippen molar-refractivity contribution in [2.24, 2.45) is 5.92 Å². The van der Waals surface area contributed by atoms with Crippen LogP contribution in [-0.4, -0.2) is 22.2 Å². The standard InChI is InChI=1S/C15H19BrN2O/c1-7-5-11(16)6-12-14(7)18-15(17-12)13-8(2)9(3)19-10(13)4/h5-6,8-10,13H,1-4H3,(H,17,18). The average molecular weight is 323 g/mol. The summed E-state index contributed by atoms with van der Waals surface area (Å²) in [6.07, 6.45) is 0.510. The van der Waals surface area contributed by atoms with E-state index in [0.29, 0.717) is 17.9 Å². The fourth-order valence-electron chi connectivity index (χ4n) is 3.16. The molecule has 4 atom stereocenters. The number of nitrogens with one attached hydrogen (secondary N) is 1. The molecule has 2 aromatic rings. The van der Waals surface area contributed by atoms with E-state index in [1.807, 2.05) is 0 Å². The normalized spacial score (nSPS) is 31.2. The summed E-state index contributed by atoms with van der Waals surface area (Å²) in [6.45, 7) is 8.62. The summed E-state index contributed by atoms with van der Waals surface area (Å²) >= 11 is 3.54. The molecule has 0 aliphatic carbocycles. The van der Waals surface area contributed by atoms with Gasteiger partial charge in [0.25, 0.3) is 0 Å². The zero-order valence-electron chi connectivity index (χ0n) is 11.7. The summed E-state index contributed by atoms with van der Waals surface area (Å²) in [5.74, 6) is 1.89. The van der Waals surface area contributed by atoms with E-state index in [9.17, 15) is 0 Å². The molecule has 0 saturated carbocycles. The van der Waals surface area contributed by atoms with E-state index < -0.39 is 0 Å². The zero-order valence-corrected chi connectivity index (χ0v) is 13.3. The van der Waals surface area contributed by atoms with Gasteiger partial charge in [-0.3, -0.25) is 0 Å². The third-order valence-electron chi connectivity index (χ3n) is 4.32. The first-order valence-electron chi connectivity index (χ1n) is 6.78. The van der Waals surface area contributed by atoms with Gasteiger partial charge in [-0.2, -0.15) is 0 Å². The van der Waals surface area contributed by atoms with Gasteiger partial charge in [-0.05, 0) is 44.4 Å². The number of aromatic amines is 1. The van der Waals surface area contributed by atoms with Crippen molar-refractivity contribution in [1.82, 2.24) is 9.97 Å². The second kappa shape index (κ2) is 4.60. The lowest BCUT2D eigenvalue weighted by Gasteiger charge is -2.15. The maximum Gasteiger partial charge on any atom is 0.113 e. The van der Waals surface area contributed by atoms with E-state index in [0.717, 1.165) is 21.3 Å². The molecule has 1 fully saturated rings. The molecule has 3 nitrogen and oxygen atoms in total. The molecular formula is C15H19BrN2O. The minimum Gasteiger partial charge on any atom is -0.374 e. The lowest BCUT2D eigenvalue weighted by atomic mass is 9.89. The van der Waals surface area contributed by atoms with Crippen molar-refractivity contribution in [1.29, 1.82) is 0 Å². The molecule has 1 saturated heterocycles. The number of hydrogen-bond acceptors (Lipinski definition) is 2. The average Bonchev–Trinajstić information content (AvgIpc) is 2.81. The number of H-pyrrole nitrogens is 1. The Morgan fingerprint density at radius 2 is 1.95 bits per heavy atom. The molecule has 4 heteroatoms. The third kappa shape index (κ3) is 2.11. The highest BCUT2D eigenvalue weighted by Gasteiger charge is 2.39. The monoisotopic (exact) mass is 322 g/mol. The van der Waals surface area contributed by atoms with Gasteiger partial charge in [-0.15, -0.1) is 0 Å². The molecule has 4 unspecified atom stereocenters. The molecule has 102 valence electrons. The van der Waals surface area contributed by atoms with E-state index in [4.69, 9.17) is 9.72 Å². The molecule has 3 rings (SSSR count). The predicted molar refractivity (Wildman–Crippen MR) is 80.4 cm³/mol. The molecule has 0 spiro atoms. The number of imidazole rings is 1. The Morgan fingerprint density at radius 1 is 1.21 bits per heavy atom. The highest BCUT2D eigenvalue weighted by atomic mass is 79.9. The SMILES string of the molecule is Cc1cc(Br)cc2[nH]c(C3C(C)OC(C)C3C)nc12. The second-order valence-electron chi connectivity index (χ2n) is 5.67. The molecule has 1 N–H and O–H groups in total. The molecule has 1 aliphatic rings. The minimum absolute atomic E-state index is 0.217. The van der Waals surface area contributed by atoms with Crippen LogP contribution >= 0.6 is 15.9 Å². The number of fused-ring (bicyclic) bond motifs is 1. The Labute approximate surface area is 121 Å². The summed E-state index contributed by atoms with van der Waals surface area (Å²) in [5.41, 5.74) is 3.36. The van der Waals surface area contributed by atoms with Gasteiger partial charge in [0.1, 0.15) is 5.82 Å². The summed E-state index contributed by atoms with van der Waals surface area (Å²) in [4.78, 5) is 8.29. The number of nitrogens with zero attached hydrogens (tertiary/aromatic N) is 1. The van der Waals surface area contributed by atoms with Crippen LogP contribution in [0.5, 0.6) is 0 Å². The van der Waals surface area contributed by atoms with Gasteiger partial charge < -0.3 is 9.72 Å². The van der Waals surface area contributed by atoms with E-state index >= 15 is 0 Å². The zero-order chi connectivity index (χ0) is 13.7. The van der Waals surface area contributed by atoms with Crippen LogP contribution in [0.1, 0.15) is 38.1 Å². The number of ether oxygens (including phenoxy) is 1. The maximum atomic E-state index is 5.92. The fraction of sp³-hybridized carbons (Fsp3) is 0.533. The first-order chi connectivity index (χ1) is 8.97. The largest absolute Gasteiger partial charge is 0.374 e.